The number of nitrogens with zero attached hydrogens (tertiary/aromatic N) is 1. The third-order valence-electron chi connectivity index (χ3n) is 4.15. The van der Waals surface area contributed by atoms with Crippen molar-refractivity contribution >= 4 is 5.91 Å². The quantitative estimate of drug-likeness (QED) is 0.729. The first-order valence-corrected chi connectivity index (χ1v) is 6.83. The van der Waals surface area contributed by atoms with Crippen LogP contribution in [-0.2, 0) is 9.53 Å². The molecular formula is C13H24N2O2. The summed E-state index contributed by atoms with van der Waals surface area (Å²) in [6.45, 7) is 5.23. The average Bonchev–Trinajstić information content (AvgIpc) is 2.87. The van der Waals surface area contributed by atoms with Crippen molar-refractivity contribution in [1.29, 1.82) is 0 Å². The summed E-state index contributed by atoms with van der Waals surface area (Å²) in [4.78, 5) is 14.0. The van der Waals surface area contributed by atoms with Crippen LogP contribution in [0, 0.1) is 11.8 Å². The molecule has 4 heteroatoms. The van der Waals surface area contributed by atoms with Gasteiger partial charge >= 0.3 is 0 Å². The van der Waals surface area contributed by atoms with E-state index in [0.29, 0.717) is 30.9 Å². The molecule has 2 fully saturated rings. The zero-order chi connectivity index (χ0) is 12.3. The van der Waals surface area contributed by atoms with Gasteiger partial charge in [0.2, 0.25) is 5.91 Å². The van der Waals surface area contributed by atoms with Crippen molar-refractivity contribution < 1.29 is 9.53 Å². The number of likely N-dealkylation sites (tertiary alicyclic amines) is 1. The highest BCUT2D eigenvalue weighted by atomic mass is 16.5. The zero-order valence-corrected chi connectivity index (χ0v) is 10.7. The molecule has 1 aliphatic carbocycles. The number of fused-ring (bicyclic) bond motifs is 1. The van der Waals surface area contributed by atoms with Crippen LogP contribution in [0.3, 0.4) is 0 Å². The molecule has 1 saturated carbocycles. The second-order valence-electron chi connectivity index (χ2n) is 5.26. The summed E-state index contributed by atoms with van der Waals surface area (Å²) in [5.41, 5.74) is 6.06. The van der Waals surface area contributed by atoms with Crippen molar-refractivity contribution in [2.45, 2.75) is 38.6 Å². The van der Waals surface area contributed by atoms with Crippen molar-refractivity contribution in [3.63, 3.8) is 0 Å². The Morgan fingerprint density at radius 3 is 2.94 bits per heavy atom. The van der Waals surface area contributed by atoms with Gasteiger partial charge in [0.25, 0.3) is 0 Å². The molecule has 0 aromatic heterocycles. The number of carbonyl (C=O) groups excluding carboxylic acids is 1. The highest BCUT2D eigenvalue weighted by Gasteiger charge is 2.42. The van der Waals surface area contributed by atoms with Crippen molar-refractivity contribution in [2.75, 3.05) is 26.3 Å². The van der Waals surface area contributed by atoms with Gasteiger partial charge in [0.1, 0.15) is 0 Å². The third-order valence-corrected chi connectivity index (χ3v) is 4.15. The summed E-state index contributed by atoms with van der Waals surface area (Å²) in [5, 5.41) is 0. The lowest BCUT2D eigenvalue weighted by Crippen LogP contribution is -2.33. The Kier molecular flexibility index (Phi) is 4.40. The van der Waals surface area contributed by atoms with Crippen LogP contribution in [0.2, 0.25) is 0 Å². The minimum absolute atomic E-state index is 0.284. The second kappa shape index (κ2) is 5.83. The Morgan fingerprint density at radius 2 is 2.24 bits per heavy atom. The standard InChI is InChI=1S/C13H24N2O2/c1-2-17-7-3-4-13(16)15-8-10-5-6-12(14)11(10)9-15/h10-12H,2-9,14H2,1H3. The van der Waals surface area contributed by atoms with E-state index in [1.54, 1.807) is 0 Å². The molecule has 0 aromatic carbocycles. The van der Waals surface area contributed by atoms with Gasteiger partial charge in [-0.3, -0.25) is 4.79 Å². The molecule has 98 valence electrons. The van der Waals surface area contributed by atoms with Gasteiger partial charge in [-0.05, 0) is 38.0 Å². The van der Waals surface area contributed by atoms with Crippen molar-refractivity contribution in [1.82, 2.24) is 4.90 Å². The molecule has 1 amide bonds. The molecule has 0 bridgehead atoms. The van der Waals surface area contributed by atoms with Gasteiger partial charge in [-0.25, -0.2) is 0 Å². The van der Waals surface area contributed by atoms with E-state index in [-0.39, 0.29) is 5.91 Å². The average molecular weight is 240 g/mol. The predicted molar refractivity (Wildman–Crippen MR) is 66.5 cm³/mol. The lowest BCUT2D eigenvalue weighted by Gasteiger charge is -2.18. The van der Waals surface area contributed by atoms with Crippen molar-refractivity contribution in [3.8, 4) is 0 Å². The number of hydrogen-bond donors (Lipinski definition) is 1. The smallest absolute Gasteiger partial charge is 0.222 e. The monoisotopic (exact) mass is 240 g/mol. The van der Waals surface area contributed by atoms with Gasteiger partial charge in [-0.1, -0.05) is 0 Å². The maximum atomic E-state index is 12.0. The van der Waals surface area contributed by atoms with Crippen molar-refractivity contribution in [2.24, 2.45) is 17.6 Å². The van der Waals surface area contributed by atoms with Crippen LogP contribution >= 0.6 is 0 Å². The number of carbonyl (C=O) groups is 1. The SMILES string of the molecule is CCOCCCC(=O)N1CC2CCC(N)C2C1. The summed E-state index contributed by atoms with van der Waals surface area (Å²) >= 11 is 0. The summed E-state index contributed by atoms with van der Waals surface area (Å²) in [6.07, 6.45) is 3.80. The minimum atomic E-state index is 0.284. The first kappa shape index (κ1) is 12.8. The normalized spacial score (nSPS) is 31.9. The van der Waals surface area contributed by atoms with E-state index in [9.17, 15) is 4.79 Å². The summed E-state index contributed by atoms with van der Waals surface area (Å²) in [6, 6.07) is 0.321. The van der Waals surface area contributed by atoms with Gasteiger partial charge in [0.05, 0.1) is 0 Å². The van der Waals surface area contributed by atoms with E-state index in [4.69, 9.17) is 10.5 Å². The molecule has 3 atom stereocenters. The van der Waals surface area contributed by atoms with Crippen molar-refractivity contribution in [3.05, 3.63) is 0 Å². The van der Waals surface area contributed by atoms with E-state index in [1.165, 1.54) is 6.42 Å². The van der Waals surface area contributed by atoms with Gasteiger partial charge in [-0.2, -0.15) is 0 Å². The van der Waals surface area contributed by atoms with Crippen LogP contribution in [0.1, 0.15) is 32.6 Å². The van der Waals surface area contributed by atoms with Crippen LogP contribution in [0.25, 0.3) is 0 Å². The molecule has 3 unspecified atom stereocenters. The molecular weight excluding hydrogens is 216 g/mol. The Hall–Kier alpha value is -0.610. The van der Waals surface area contributed by atoms with E-state index < -0.39 is 0 Å². The fraction of sp³-hybridized carbons (Fsp3) is 0.923. The highest BCUT2D eigenvalue weighted by molar-refractivity contribution is 5.76. The molecule has 2 N–H and O–H groups in total. The Labute approximate surface area is 103 Å². The van der Waals surface area contributed by atoms with Crippen LogP contribution in [0.4, 0.5) is 0 Å². The Morgan fingerprint density at radius 1 is 1.41 bits per heavy atom. The van der Waals surface area contributed by atoms with Gasteiger partial charge in [0, 0.05) is 38.8 Å². The first-order valence-electron chi connectivity index (χ1n) is 6.83. The van der Waals surface area contributed by atoms with Gasteiger partial charge in [0.15, 0.2) is 0 Å². The summed E-state index contributed by atoms with van der Waals surface area (Å²) in [7, 11) is 0. The predicted octanol–water partition coefficient (Wildman–Crippen LogP) is 0.999. The van der Waals surface area contributed by atoms with Gasteiger partial charge in [-0.15, -0.1) is 0 Å². The Bertz CT molecular complexity index is 270. The molecule has 4 nitrogen and oxygen atoms in total. The zero-order valence-electron chi connectivity index (χ0n) is 10.7. The molecule has 1 saturated heterocycles. The highest BCUT2D eigenvalue weighted by Crippen LogP contribution is 2.37. The van der Waals surface area contributed by atoms with Crippen LogP contribution in [0.15, 0.2) is 0 Å². The summed E-state index contributed by atoms with van der Waals surface area (Å²) < 4.78 is 5.25. The second-order valence-corrected chi connectivity index (χ2v) is 5.26. The number of amides is 1. The molecule has 17 heavy (non-hydrogen) atoms. The Balaban J connectivity index is 1.71. The molecule has 1 aliphatic heterocycles. The van der Waals surface area contributed by atoms with Crippen LogP contribution < -0.4 is 5.73 Å². The topological polar surface area (TPSA) is 55.6 Å². The lowest BCUT2D eigenvalue weighted by atomic mass is 9.98. The van der Waals surface area contributed by atoms with Gasteiger partial charge < -0.3 is 15.4 Å². The maximum Gasteiger partial charge on any atom is 0.222 e. The van der Waals surface area contributed by atoms with E-state index in [1.807, 2.05) is 11.8 Å². The van der Waals surface area contributed by atoms with Crippen LogP contribution in [0.5, 0.6) is 0 Å². The third kappa shape index (κ3) is 2.99. The number of ether oxygens (including phenoxy) is 1. The molecule has 0 aromatic rings. The van der Waals surface area contributed by atoms with E-state index >= 15 is 0 Å². The first-order chi connectivity index (χ1) is 8.22. The van der Waals surface area contributed by atoms with Crippen LogP contribution in [-0.4, -0.2) is 43.2 Å². The van der Waals surface area contributed by atoms with E-state index in [0.717, 1.165) is 32.5 Å². The molecule has 0 spiro atoms. The maximum absolute atomic E-state index is 12.0. The molecule has 1 heterocycles. The number of hydrogen-bond acceptors (Lipinski definition) is 3. The number of rotatable bonds is 5. The number of nitrogens with two attached hydrogens (primary N) is 1. The molecule has 2 rings (SSSR count). The lowest BCUT2D eigenvalue weighted by molar-refractivity contribution is -0.130. The molecule has 0 radical (unpaired) electrons. The fourth-order valence-electron chi connectivity index (χ4n) is 3.14. The molecule has 2 aliphatic rings. The summed E-state index contributed by atoms with van der Waals surface area (Å²) in [5.74, 6) is 1.51. The fourth-order valence-corrected chi connectivity index (χ4v) is 3.14. The largest absolute Gasteiger partial charge is 0.382 e. The van der Waals surface area contributed by atoms with E-state index in [2.05, 4.69) is 0 Å². The minimum Gasteiger partial charge on any atom is -0.382 e.